The Morgan fingerprint density at radius 2 is 2.14 bits per heavy atom. The number of rotatable bonds is 4. The van der Waals surface area contributed by atoms with Crippen molar-refractivity contribution in [2.24, 2.45) is 0 Å². The molecule has 0 spiro atoms. The number of anilines is 1. The zero-order valence-corrected chi connectivity index (χ0v) is 7.77. The van der Waals surface area contributed by atoms with Crippen LogP contribution in [0.5, 0.6) is 0 Å². The van der Waals surface area contributed by atoms with Gasteiger partial charge in [-0.3, -0.25) is 0 Å². The lowest BCUT2D eigenvalue weighted by Crippen LogP contribution is -2.03. The first-order chi connectivity index (χ1) is 6.70. The fraction of sp³-hybridized carbons (Fsp3) is 0.300. The molecular weight excluding hydrogens is 182 g/mol. The van der Waals surface area contributed by atoms with Gasteiger partial charge in [0.05, 0.1) is 6.61 Å². The molecule has 1 rings (SSSR count). The Balaban J connectivity index is 2.31. The van der Waals surface area contributed by atoms with E-state index in [1.807, 2.05) is 24.3 Å². The lowest BCUT2D eigenvalue weighted by molar-refractivity contribution is 0.0907. The van der Waals surface area contributed by atoms with Crippen molar-refractivity contribution in [1.29, 1.82) is 0 Å². The van der Waals surface area contributed by atoms with Crippen molar-refractivity contribution in [2.45, 2.75) is 12.8 Å². The third-order valence-corrected chi connectivity index (χ3v) is 1.87. The number of ether oxygens (including phenoxy) is 1. The summed E-state index contributed by atoms with van der Waals surface area (Å²) in [6.45, 7) is 0.212. The number of nitrogen functional groups attached to an aromatic ring is 1. The van der Waals surface area contributed by atoms with E-state index in [0.29, 0.717) is 6.42 Å². The summed E-state index contributed by atoms with van der Waals surface area (Å²) in [6.07, 6.45) is 0.159. The van der Waals surface area contributed by atoms with Crippen LogP contribution in [-0.2, 0) is 11.2 Å². The van der Waals surface area contributed by atoms with E-state index >= 15 is 0 Å². The molecule has 1 aromatic rings. The summed E-state index contributed by atoms with van der Waals surface area (Å²) in [5.41, 5.74) is 7.47. The number of nitrogens with two attached hydrogens (primary N) is 1. The van der Waals surface area contributed by atoms with Crippen LogP contribution in [-0.4, -0.2) is 17.9 Å². The molecule has 0 aliphatic carbocycles. The molecule has 3 N–H and O–H groups in total. The first-order valence-electron chi connectivity index (χ1n) is 4.39. The molecule has 0 fully saturated rings. The van der Waals surface area contributed by atoms with Gasteiger partial charge in [-0.15, -0.1) is 0 Å². The van der Waals surface area contributed by atoms with Crippen molar-refractivity contribution in [1.82, 2.24) is 0 Å². The van der Waals surface area contributed by atoms with E-state index in [9.17, 15) is 4.79 Å². The fourth-order valence-corrected chi connectivity index (χ4v) is 1.18. The van der Waals surface area contributed by atoms with Crippen LogP contribution in [0.1, 0.15) is 12.0 Å². The molecule has 4 heteroatoms. The Kier molecular flexibility index (Phi) is 3.79. The first-order valence-corrected chi connectivity index (χ1v) is 4.39. The van der Waals surface area contributed by atoms with Gasteiger partial charge < -0.3 is 15.6 Å². The summed E-state index contributed by atoms with van der Waals surface area (Å²) in [5, 5.41) is 8.22. The maximum Gasteiger partial charge on any atom is 0.505 e. The highest BCUT2D eigenvalue weighted by molar-refractivity contribution is 5.56. The van der Waals surface area contributed by atoms with E-state index < -0.39 is 6.16 Å². The number of hydrogen-bond acceptors (Lipinski definition) is 3. The van der Waals surface area contributed by atoms with Crippen molar-refractivity contribution in [3.8, 4) is 0 Å². The van der Waals surface area contributed by atoms with Gasteiger partial charge in [0.15, 0.2) is 0 Å². The number of carboxylic acid groups (broad SMARTS) is 1. The van der Waals surface area contributed by atoms with Gasteiger partial charge >= 0.3 is 6.16 Å². The highest BCUT2D eigenvalue weighted by Crippen LogP contribution is 2.12. The summed E-state index contributed by atoms with van der Waals surface area (Å²) in [5.74, 6) is 0. The predicted octanol–water partition coefficient (Wildman–Crippen LogP) is 1.90. The number of carbonyl (C=O) groups is 1. The highest BCUT2D eigenvalue weighted by atomic mass is 16.7. The summed E-state index contributed by atoms with van der Waals surface area (Å²) in [6, 6.07) is 7.53. The molecule has 0 bridgehead atoms. The smallest absolute Gasteiger partial charge is 0.450 e. The minimum absolute atomic E-state index is 0.212. The van der Waals surface area contributed by atoms with Crippen molar-refractivity contribution in [2.75, 3.05) is 12.3 Å². The number of para-hydroxylation sites is 1. The second-order valence-electron chi connectivity index (χ2n) is 2.92. The normalized spacial score (nSPS) is 9.71. The zero-order chi connectivity index (χ0) is 10.4. The lowest BCUT2D eigenvalue weighted by Gasteiger charge is -2.04. The van der Waals surface area contributed by atoms with Crippen LogP contribution in [0.4, 0.5) is 10.5 Å². The van der Waals surface area contributed by atoms with E-state index in [-0.39, 0.29) is 6.61 Å². The van der Waals surface area contributed by atoms with Crippen molar-refractivity contribution in [3.05, 3.63) is 29.8 Å². The van der Waals surface area contributed by atoms with Crippen LogP contribution in [0.3, 0.4) is 0 Å². The second kappa shape index (κ2) is 5.11. The van der Waals surface area contributed by atoms with E-state index in [4.69, 9.17) is 10.8 Å². The molecule has 0 aliphatic heterocycles. The monoisotopic (exact) mass is 195 g/mol. The first kappa shape index (κ1) is 10.4. The third-order valence-electron chi connectivity index (χ3n) is 1.87. The van der Waals surface area contributed by atoms with Gasteiger partial charge in [0, 0.05) is 5.69 Å². The van der Waals surface area contributed by atoms with Crippen LogP contribution >= 0.6 is 0 Å². The van der Waals surface area contributed by atoms with Gasteiger partial charge in [0.25, 0.3) is 0 Å². The van der Waals surface area contributed by atoms with E-state index in [1.54, 1.807) is 0 Å². The van der Waals surface area contributed by atoms with Gasteiger partial charge in [0.2, 0.25) is 0 Å². The molecule has 0 heterocycles. The molecule has 0 atom stereocenters. The molecule has 0 saturated heterocycles. The molecule has 0 radical (unpaired) electrons. The molecule has 0 aliphatic rings. The number of benzene rings is 1. The van der Waals surface area contributed by atoms with E-state index in [2.05, 4.69) is 4.74 Å². The Bertz CT molecular complexity index is 312. The largest absolute Gasteiger partial charge is 0.505 e. The maximum absolute atomic E-state index is 10.0. The summed E-state index contributed by atoms with van der Waals surface area (Å²) >= 11 is 0. The standard InChI is InChI=1S/C10H13NO3/c11-9-6-2-1-4-8(9)5-3-7-14-10(12)13/h1-2,4,6H,3,5,7,11H2,(H,12,13). The minimum Gasteiger partial charge on any atom is -0.450 e. The molecule has 0 amide bonds. The lowest BCUT2D eigenvalue weighted by atomic mass is 10.1. The SMILES string of the molecule is Nc1ccccc1CCCOC(=O)O. The van der Waals surface area contributed by atoms with Crippen LogP contribution in [0.2, 0.25) is 0 Å². The molecule has 76 valence electrons. The summed E-state index contributed by atoms with van der Waals surface area (Å²) in [7, 11) is 0. The Morgan fingerprint density at radius 1 is 1.43 bits per heavy atom. The van der Waals surface area contributed by atoms with Gasteiger partial charge in [-0.1, -0.05) is 18.2 Å². The molecule has 1 aromatic carbocycles. The summed E-state index contributed by atoms with van der Waals surface area (Å²) in [4.78, 5) is 10.0. The van der Waals surface area contributed by atoms with Crippen LogP contribution in [0, 0.1) is 0 Å². The molecule has 0 unspecified atom stereocenters. The molecule has 14 heavy (non-hydrogen) atoms. The maximum atomic E-state index is 10.0. The number of hydrogen-bond donors (Lipinski definition) is 2. The van der Waals surface area contributed by atoms with Crippen molar-refractivity contribution < 1.29 is 14.6 Å². The van der Waals surface area contributed by atoms with Crippen LogP contribution in [0.15, 0.2) is 24.3 Å². The predicted molar refractivity (Wildman–Crippen MR) is 53.2 cm³/mol. The van der Waals surface area contributed by atoms with Gasteiger partial charge in [0.1, 0.15) is 0 Å². The Hall–Kier alpha value is -1.71. The zero-order valence-electron chi connectivity index (χ0n) is 7.77. The van der Waals surface area contributed by atoms with Gasteiger partial charge in [-0.25, -0.2) is 4.79 Å². The van der Waals surface area contributed by atoms with Crippen LogP contribution in [0.25, 0.3) is 0 Å². The average molecular weight is 195 g/mol. The van der Waals surface area contributed by atoms with Gasteiger partial charge in [-0.2, -0.15) is 0 Å². The fourth-order valence-electron chi connectivity index (χ4n) is 1.18. The molecule has 0 aromatic heterocycles. The van der Waals surface area contributed by atoms with Crippen molar-refractivity contribution in [3.63, 3.8) is 0 Å². The molecular formula is C10H13NO3. The minimum atomic E-state index is -1.23. The number of aryl methyl sites for hydroxylation is 1. The second-order valence-corrected chi connectivity index (χ2v) is 2.92. The van der Waals surface area contributed by atoms with Crippen molar-refractivity contribution >= 4 is 11.8 Å². The van der Waals surface area contributed by atoms with Gasteiger partial charge in [-0.05, 0) is 24.5 Å². The summed E-state index contributed by atoms with van der Waals surface area (Å²) < 4.78 is 4.38. The van der Waals surface area contributed by atoms with E-state index in [0.717, 1.165) is 17.7 Å². The Morgan fingerprint density at radius 3 is 2.79 bits per heavy atom. The van der Waals surface area contributed by atoms with Crippen LogP contribution < -0.4 is 5.73 Å². The quantitative estimate of drug-likeness (QED) is 0.437. The third kappa shape index (κ3) is 3.35. The molecule has 0 saturated carbocycles. The molecule has 4 nitrogen and oxygen atoms in total. The Labute approximate surface area is 82.3 Å². The topological polar surface area (TPSA) is 72.5 Å². The average Bonchev–Trinajstić information content (AvgIpc) is 2.15. The highest BCUT2D eigenvalue weighted by Gasteiger charge is 1.99. The van der Waals surface area contributed by atoms with E-state index in [1.165, 1.54) is 0 Å².